The van der Waals surface area contributed by atoms with Crippen LogP contribution in [0.3, 0.4) is 0 Å². The maximum absolute atomic E-state index is 13.0. The lowest BCUT2D eigenvalue weighted by Crippen LogP contribution is -2.25. The van der Waals surface area contributed by atoms with E-state index in [1.165, 1.54) is 12.1 Å². The number of imidazole rings is 1. The first-order valence-corrected chi connectivity index (χ1v) is 7.12. The molecule has 2 aromatic rings. The summed E-state index contributed by atoms with van der Waals surface area (Å²) in [6.45, 7) is 0. The molecule has 1 unspecified atom stereocenters. The maximum atomic E-state index is 13.0. The molecule has 0 spiro atoms. The van der Waals surface area contributed by atoms with Crippen LogP contribution in [0.15, 0.2) is 28.9 Å². The molecule has 1 aliphatic rings. The van der Waals surface area contributed by atoms with E-state index in [0.29, 0.717) is 22.4 Å². The van der Waals surface area contributed by atoms with Crippen LogP contribution < -0.4 is 0 Å². The lowest BCUT2D eigenvalue weighted by atomic mass is 10.0. The molecule has 0 amide bonds. The zero-order valence-corrected chi connectivity index (χ0v) is 12.1. The van der Waals surface area contributed by atoms with Gasteiger partial charge in [0, 0.05) is 5.56 Å². The Kier molecular flexibility index (Phi) is 3.33. The normalized spacial score (nSPS) is 17.8. The first-order valence-electron chi connectivity index (χ1n) is 6.33. The Morgan fingerprint density at radius 3 is 2.75 bits per heavy atom. The number of nitrogens with zero attached hydrogens (tertiary/aromatic N) is 2. The van der Waals surface area contributed by atoms with Gasteiger partial charge in [-0.3, -0.25) is 0 Å². The average Bonchev–Trinajstić information content (AvgIpc) is 2.77. The number of aliphatic carboxylic acids is 1. The number of halogens is 2. The zero-order valence-electron chi connectivity index (χ0n) is 10.5. The summed E-state index contributed by atoms with van der Waals surface area (Å²) in [4.78, 5) is 15.9. The van der Waals surface area contributed by atoms with E-state index in [0.717, 1.165) is 18.5 Å². The number of aromatic nitrogens is 2. The minimum absolute atomic E-state index is 0.326. The number of carbonyl (C=O) groups is 1. The van der Waals surface area contributed by atoms with E-state index in [1.807, 2.05) is 0 Å². The summed E-state index contributed by atoms with van der Waals surface area (Å²) < 4.78 is 15.4. The third-order valence-electron chi connectivity index (χ3n) is 3.55. The van der Waals surface area contributed by atoms with Crippen LogP contribution in [0.1, 0.15) is 24.6 Å². The van der Waals surface area contributed by atoms with Gasteiger partial charge in [-0.25, -0.2) is 14.2 Å². The summed E-state index contributed by atoms with van der Waals surface area (Å²) in [5.41, 5.74) is 1.61. The molecule has 104 valence electrons. The highest BCUT2D eigenvalue weighted by Gasteiger charge is 2.31. The third kappa shape index (κ3) is 2.14. The van der Waals surface area contributed by atoms with Crippen LogP contribution in [0.25, 0.3) is 11.4 Å². The van der Waals surface area contributed by atoms with Gasteiger partial charge >= 0.3 is 5.97 Å². The van der Waals surface area contributed by atoms with E-state index in [4.69, 9.17) is 0 Å². The fourth-order valence-corrected chi connectivity index (χ4v) is 3.18. The first kappa shape index (κ1) is 13.3. The molecule has 0 saturated heterocycles. The van der Waals surface area contributed by atoms with Crippen molar-refractivity contribution in [3.05, 3.63) is 40.4 Å². The predicted octanol–water partition coefficient (Wildman–Crippen LogP) is 3.41. The molecule has 0 bridgehead atoms. The predicted molar refractivity (Wildman–Crippen MR) is 74.9 cm³/mol. The molecule has 6 heteroatoms. The Morgan fingerprint density at radius 2 is 2.10 bits per heavy atom. The molecule has 0 fully saturated rings. The van der Waals surface area contributed by atoms with Crippen molar-refractivity contribution in [2.24, 2.45) is 0 Å². The Balaban J connectivity index is 2.17. The second kappa shape index (κ2) is 5.01. The minimum atomic E-state index is -0.862. The summed E-state index contributed by atoms with van der Waals surface area (Å²) in [7, 11) is 0. The fourth-order valence-electron chi connectivity index (χ4n) is 2.63. The molecule has 0 saturated carbocycles. The molecule has 20 heavy (non-hydrogen) atoms. The summed E-state index contributed by atoms with van der Waals surface area (Å²) in [5.74, 6) is -0.619. The van der Waals surface area contributed by atoms with E-state index < -0.39 is 12.0 Å². The van der Waals surface area contributed by atoms with Gasteiger partial charge in [0.2, 0.25) is 0 Å². The molecule has 3 rings (SSSR count). The Labute approximate surface area is 123 Å². The molecule has 1 aliphatic heterocycles. The highest BCUT2D eigenvalue weighted by molar-refractivity contribution is 9.10. The van der Waals surface area contributed by atoms with Crippen molar-refractivity contribution in [3.63, 3.8) is 0 Å². The number of benzene rings is 1. The summed E-state index contributed by atoms with van der Waals surface area (Å²) >= 11 is 3.39. The topological polar surface area (TPSA) is 55.1 Å². The molecule has 0 radical (unpaired) electrons. The van der Waals surface area contributed by atoms with Gasteiger partial charge in [-0.2, -0.15) is 0 Å². The minimum Gasteiger partial charge on any atom is -0.480 e. The van der Waals surface area contributed by atoms with E-state index in [9.17, 15) is 14.3 Å². The Hall–Kier alpha value is -1.69. The van der Waals surface area contributed by atoms with Crippen molar-refractivity contribution in [3.8, 4) is 11.4 Å². The molecule has 1 atom stereocenters. The monoisotopic (exact) mass is 338 g/mol. The molecule has 2 heterocycles. The van der Waals surface area contributed by atoms with Gasteiger partial charge in [0.25, 0.3) is 0 Å². The van der Waals surface area contributed by atoms with E-state index in [2.05, 4.69) is 20.9 Å². The Bertz CT molecular complexity index is 667. The molecule has 0 aliphatic carbocycles. The molecule has 1 N–H and O–H groups in total. The van der Waals surface area contributed by atoms with Gasteiger partial charge in [-0.15, -0.1) is 0 Å². The average molecular weight is 339 g/mol. The number of rotatable bonds is 2. The van der Waals surface area contributed by atoms with Crippen LogP contribution in [-0.4, -0.2) is 20.6 Å². The van der Waals surface area contributed by atoms with Crippen LogP contribution >= 0.6 is 15.9 Å². The molecule has 4 nitrogen and oxygen atoms in total. The third-order valence-corrected chi connectivity index (χ3v) is 4.19. The van der Waals surface area contributed by atoms with Crippen molar-refractivity contribution < 1.29 is 14.3 Å². The van der Waals surface area contributed by atoms with Crippen LogP contribution in [0.4, 0.5) is 4.39 Å². The van der Waals surface area contributed by atoms with Crippen LogP contribution in [-0.2, 0) is 11.2 Å². The first-order chi connectivity index (χ1) is 9.58. The van der Waals surface area contributed by atoms with Gasteiger partial charge in [-0.1, -0.05) is 0 Å². The van der Waals surface area contributed by atoms with E-state index in [-0.39, 0.29) is 5.82 Å². The maximum Gasteiger partial charge on any atom is 0.326 e. The largest absolute Gasteiger partial charge is 0.480 e. The second-order valence-electron chi connectivity index (χ2n) is 4.80. The van der Waals surface area contributed by atoms with Crippen LogP contribution in [0, 0.1) is 5.82 Å². The number of hydrogen-bond donors (Lipinski definition) is 1. The van der Waals surface area contributed by atoms with Gasteiger partial charge in [0.05, 0.1) is 5.69 Å². The van der Waals surface area contributed by atoms with Crippen LogP contribution in [0.2, 0.25) is 0 Å². The fraction of sp³-hybridized carbons (Fsp3) is 0.286. The zero-order chi connectivity index (χ0) is 14.3. The molecule has 1 aromatic carbocycles. The van der Waals surface area contributed by atoms with E-state index in [1.54, 1.807) is 16.7 Å². The van der Waals surface area contributed by atoms with Crippen molar-refractivity contribution in [2.75, 3.05) is 0 Å². The van der Waals surface area contributed by atoms with Crippen molar-refractivity contribution in [1.29, 1.82) is 0 Å². The van der Waals surface area contributed by atoms with Gasteiger partial charge in [0.1, 0.15) is 22.3 Å². The standard InChI is InChI=1S/C14H12BrFN2O2/c15-12-10-2-1-3-11(14(19)20)18(10)13(17-12)8-4-6-9(16)7-5-8/h4-7,11H,1-3H2,(H,19,20). The van der Waals surface area contributed by atoms with Gasteiger partial charge in [0.15, 0.2) is 0 Å². The SMILES string of the molecule is O=C(O)C1CCCc2c(Br)nc(-c3ccc(F)cc3)n21. The van der Waals surface area contributed by atoms with Gasteiger partial charge in [-0.05, 0) is 59.5 Å². The van der Waals surface area contributed by atoms with Crippen molar-refractivity contribution in [2.45, 2.75) is 25.3 Å². The smallest absolute Gasteiger partial charge is 0.326 e. The highest BCUT2D eigenvalue weighted by Crippen LogP contribution is 2.35. The number of fused-ring (bicyclic) bond motifs is 1. The van der Waals surface area contributed by atoms with Crippen LogP contribution in [0.5, 0.6) is 0 Å². The molecular formula is C14H12BrFN2O2. The summed E-state index contributed by atoms with van der Waals surface area (Å²) in [6, 6.07) is 5.32. The lowest BCUT2D eigenvalue weighted by Gasteiger charge is -2.24. The molecular weight excluding hydrogens is 327 g/mol. The lowest BCUT2D eigenvalue weighted by molar-refractivity contribution is -0.141. The van der Waals surface area contributed by atoms with E-state index >= 15 is 0 Å². The number of hydrogen-bond acceptors (Lipinski definition) is 2. The van der Waals surface area contributed by atoms with Crippen molar-refractivity contribution in [1.82, 2.24) is 9.55 Å². The quantitative estimate of drug-likeness (QED) is 0.912. The highest BCUT2D eigenvalue weighted by atomic mass is 79.9. The Morgan fingerprint density at radius 1 is 1.40 bits per heavy atom. The van der Waals surface area contributed by atoms with Gasteiger partial charge < -0.3 is 9.67 Å². The second-order valence-corrected chi connectivity index (χ2v) is 5.55. The molecule has 1 aromatic heterocycles. The number of carboxylic acid groups (broad SMARTS) is 1. The summed E-state index contributed by atoms with van der Waals surface area (Å²) in [5, 5.41) is 9.39. The summed E-state index contributed by atoms with van der Waals surface area (Å²) in [6.07, 6.45) is 2.20. The number of carboxylic acids is 1. The van der Waals surface area contributed by atoms with Crippen molar-refractivity contribution >= 4 is 21.9 Å².